The Balaban J connectivity index is 0.00000480. The number of rotatable bonds is 11. The molecule has 0 atom stereocenters. The molecule has 0 bridgehead atoms. The molecule has 0 saturated carbocycles. The Labute approximate surface area is 200 Å². The molecule has 0 spiro atoms. The van der Waals surface area contributed by atoms with E-state index in [1.807, 2.05) is 43.3 Å². The number of benzene rings is 2. The molecular weight excluding hydrogens is 511 g/mol. The number of halogens is 1. The lowest BCUT2D eigenvalue weighted by Gasteiger charge is -2.16. The molecule has 170 valence electrons. The molecule has 9 heteroatoms. The number of guanidine groups is 1. The summed E-state index contributed by atoms with van der Waals surface area (Å²) >= 11 is 0. The number of aliphatic imine (C=N–C) groups is 1. The van der Waals surface area contributed by atoms with Gasteiger partial charge in [-0.3, -0.25) is 9.79 Å². The van der Waals surface area contributed by atoms with E-state index in [0.717, 1.165) is 22.4 Å². The molecule has 8 nitrogen and oxygen atoms in total. The number of hydrogen-bond acceptors (Lipinski definition) is 5. The van der Waals surface area contributed by atoms with Crippen molar-refractivity contribution in [2.75, 3.05) is 34.0 Å². The highest BCUT2D eigenvalue weighted by molar-refractivity contribution is 14.0. The second-order valence-corrected chi connectivity index (χ2v) is 6.63. The van der Waals surface area contributed by atoms with Gasteiger partial charge in [0.25, 0.3) is 5.91 Å². The Bertz CT molecular complexity index is 861. The monoisotopic (exact) mass is 542 g/mol. The summed E-state index contributed by atoms with van der Waals surface area (Å²) in [7, 11) is 3.37. The van der Waals surface area contributed by atoms with Gasteiger partial charge >= 0.3 is 0 Å². The van der Waals surface area contributed by atoms with E-state index in [1.54, 1.807) is 20.2 Å². The maximum atomic E-state index is 10.9. The van der Waals surface area contributed by atoms with Crippen LogP contribution in [0.4, 0.5) is 0 Å². The molecule has 2 rings (SSSR count). The van der Waals surface area contributed by atoms with Crippen LogP contribution in [0.5, 0.6) is 11.5 Å². The molecule has 0 heterocycles. The van der Waals surface area contributed by atoms with Crippen LogP contribution in [0.2, 0.25) is 0 Å². The number of aryl methyl sites for hydroxylation is 1. The zero-order valence-corrected chi connectivity index (χ0v) is 20.5. The van der Waals surface area contributed by atoms with Crippen molar-refractivity contribution >= 4 is 35.8 Å². The number of carbonyl (C=O) groups is 1. The largest absolute Gasteiger partial charge is 0.491 e. The molecule has 0 aliphatic rings. The minimum absolute atomic E-state index is 0. The molecule has 2 aromatic carbocycles. The molecular formula is C22H31IN4O4. The summed E-state index contributed by atoms with van der Waals surface area (Å²) in [6.45, 7) is 4.01. The second-order valence-electron chi connectivity index (χ2n) is 6.63. The lowest BCUT2D eigenvalue weighted by Crippen LogP contribution is -2.36. The second kappa shape index (κ2) is 14.5. The fourth-order valence-electron chi connectivity index (χ4n) is 2.66. The molecule has 0 aliphatic carbocycles. The third-order valence-electron chi connectivity index (χ3n) is 4.18. The maximum Gasteiger partial charge on any atom is 0.255 e. The van der Waals surface area contributed by atoms with Gasteiger partial charge in [-0.2, -0.15) is 0 Å². The van der Waals surface area contributed by atoms with Crippen LogP contribution in [0.3, 0.4) is 0 Å². The van der Waals surface area contributed by atoms with Crippen molar-refractivity contribution < 1.29 is 19.0 Å². The smallest absolute Gasteiger partial charge is 0.255 e. The molecule has 1 amide bonds. The Morgan fingerprint density at radius 2 is 1.84 bits per heavy atom. The Hall–Kier alpha value is -2.53. The van der Waals surface area contributed by atoms with Gasteiger partial charge in [0, 0.05) is 32.8 Å². The van der Waals surface area contributed by atoms with Crippen LogP contribution in [0.1, 0.15) is 16.7 Å². The Morgan fingerprint density at radius 3 is 2.55 bits per heavy atom. The first-order valence-electron chi connectivity index (χ1n) is 9.67. The predicted molar refractivity (Wildman–Crippen MR) is 132 cm³/mol. The highest BCUT2D eigenvalue weighted by Gasteiger charge is 2.07. The van der Waals surface area contributed by atoms with E-state index in [9.17, 15) is 4.79 Å². The fraction of sp³-hybridized carbons (Fsp3) is 0.364. The highest BCUT2D eigenvalue weighted by atomic mass is 127. The van der Waals surface area contributed by atoms with E-state index < -0.39 is 5.91 Å². The van der Waals surface area contributed by atoms with Crippen molar-refractivity contribution in [1.82, 2.24) is 10.6 Å². The summed E-state index contributed by atoms with van der Waals surface area (Å²) in [5, 5.41) is 6.56. The number of hydrogen-bond donors (Lipinski definition) is 3. The topological polar surface area (TPSA) is 107 Å². The number of nitrogens with one attached hydrogen (secondary N) is 2. The van der Waals surface area contributed by atoms with Crippen LogP contribution in [-0.4, -0.2) is 45.8 Å². The third kappa shape index (κ3) is 9.88. The third-order valence-corrected chi connectivity index (χ3v) is 4.18. The van der Waals surface area contributed by atoms with Crippen molar-refractivity contribution in [3.8, 4) is 11.5 Å². The number of carbonyl (C=O) groups excluding carboxylic acids is 1. The van der Waals surface area contributed by atoms with Gasteiger partial charge in [0.2, 0.25) is 0 Å². The average molecular weight is 542 g/mol. The van der Waals surface area contributed by atoms with Crippen LogP contribution < -0.4 is 25.8 Å². The van der Waals surface area contributed by atoms with Gasteiger partial charge in [0.1, 0.15) is 18.1 Å². The van der Waals surface area contributed by atoms with E-state index in [4.69, 9.17) is 19.9 Å². The zero-order chi connectivity index (χ0) is 21.8. The fourth-order valence-corrected chi connectivity index (χ4v) is 2.66. The van der Waals surface area contributed by atoms with Gasteiger partial charge in [-0.15, -0.1) is 24.0 Å². The van der Waals surface area contributed by atoms with Crippen molar-refractivity contribution in [2.24, 2.45) is 10.7 Å². The lowest BCUT2D eigenvalue weighted by molar-refractivity contribution is -0.119. The van der Waals surface area contributed by atoms with E-state index in [2.05, 4.69) is 15.6 Å². The summed E-state index contributed by atoms with van der Waals surface area (Å²) in [5.41, 5.74) is 8.26. The number of amides is 1. The van der Waals surface area contributed by atoms with Crippen molar-refractivity contribution in [3.05, 3.63) is 59.2 Å². The molecule has 2 aromatic rings. The van der Waals surface area contributed by atoms with Gasteiger partial charge in [-0.1, -0.05) is 24.3 Å². The van der Waals surface area contributed by atoms with Crippen molar-refractivity contribution in [1.29, 1.82) is 0 Å². The SMILES string of the molecule is CN=C(NCc1cccc(OCC(N)=O)c1)NCc1ccc(C)cc1OCCOC.I. The molecule has 0 unspecified atom stereocenters. The van der Waals surface area contributed by atoms with Crippen molar-refractivity contribution in [2.45, 2.75) is 20.0 Å². The zero-order valence-electron chi connectivity index (χ0n) is 18.1. The quantitative estimate of drug-likeness (QED) is 0.174. The molecule has 0 radical (unpaired) electrons. The van der Waals surface area contributed by atoms with Gasteiger partial charge < -0.3 is 30.6 Å². The first kappa shape index (κ1) is 26.5. The molecule has 0 aromatic heterocycles. The number of methoxy groups -OCH3 is 1. The molecule has 0 aliphatic heterocycles. The van der Waals surface area contributed by atoms with Crippen molar-refractivity contribution in [3.63, 3.8) is 0 Å². The van der Waals surface area contributed by atoms with Gasteiger partial charge in [0.15, 0.2) is 12.6 Å². The predicted octanol–water partition coefficient (Wildman–Crippen LogP) is 2.37. The molecule has 31 heavy (non-hydrogen) atoms. The van der Waals surface area contributed by atoms with E-state index in [0.29, 0.717) is 38.0 Å². The van der Waals surface area contributed by atoms with Crippen LogP contribution in [-0.2, 0) is 22.6 Å². The van der Waals surface area contributed by atoms with Crippen LogP contribution in [0.15, 0.2) is 47.5 Å². The first-order chi connectivity index (χ1) is 14.5. The summed E-state index contributed by atoms with van der Waals surface area (Å²) in [5.74, 6) is 1.56. The Kier molecular flexibility index (Phi) is 12.4. The van der Waals surface area contributed by atoms with Crippen LogP contribution in [0, 0.1) is 6.92 Å². The number of primary amides is 1. The van der Waals surface area contributed by atoms with Crippen LogP contribution >= 0.6 is 24.0 Å². The average Bonchev–Trinajstić information content (AvgIpc) is 2.74. The minimum Gasteiger partial charge on any atom is -0.491 e. The molecule has 4 N–H and O–H groups in total. The lowest BCUT2D eigenvalue weighted by atomic mass is 10.1. The van der Waals surface area contributed by atoms with E-state index >= 15 is 0 Å². The molecule has 0 fully saturated rings. The van der Waals surface area contributed by atoms with Gasteiger partial charge in [-0.05, 0) is 36.2 Å². The summed E-state index contributed by atoms with van der Waals surface area (Å²) < 4.78 is 16.2. The van der Waals surface area contributed by atoms with E-state index in [1.165, 1.54) is 0 Å². The maximum absolute atomic E-state index is 10.9. The number of ether oxygens (including phenoxy) is 3. The molecule has 0 saturated heterocycles. The minimum atomic E-state index is -0.509. The summed E-state index contributed by atoms with van der Waals surface area (Å²) in [4.78, 5) is 15.1. The van der Waals surface area contributed by atoms with Crippen LogP contribution in [0.25, 0.3) is 0 Å². The number of nitrogens with zero attached hydrogens (tertiary/aromatic N) is 1. The summed E-state index contributed by atoms with van der Waals surface area (Å²) in [6.07, 6.45) is 0. The highest BCUT2D eigenvalue weighted by Crippen LogP contribution is 2.20. The number of nitrogens with two attached hydrogens (primary N) is 1. The first-order valence-corrected chi connectivity index (χ1v) is 9.67. The summed E-state index contributed by atoms with van der Waals surface area (Å²) in [6, 6.07) is 13.6. The standard InChI is InChI=1S/C22H30N4O4.HI/c1-16-7-8-18(20(11-16)29-10-9-28-3)14-26-22(24-2)25-13-17-5-4-6-19(12-17)30-15-21(23)27;/h4-8,11-12H,9-10,13-15H2,1-3H3,(H2,23,27)(H2,24,25,26);1H. The van der Waals surface area contributed by atoms with Gasteiger partial charge in [0.05, 0.1) is 6.61 Å². The van der Waals surface area contributed by atoms with Gasteiger partial charge in [-0.25, -0.2) is 0 Å². The van der Waals surface area contributed by atoms with E-state index in [-0.39, 0.29) is 30.6 Å². The normalized spacial score (nSPS) is 10.7. The Morgan fingerprint density at radius 1 is 1.06 bits per heavy atom.